The van der Waals surface area contributed by atoms with Crippen molar-refractivity contribution in [3.05, 3.63) is 58.5 Å². The SMILES string of the molecule is C[C@H](CO)N(CC(=O)NCc1cccc(Cl)c1F)C(=O)Cn1nc(C(N)=O)c2cc(OC(=O)NC(C)(C)C)ccc21. The number of hydrogen-bond donors (Lipinski definition) is 4. The van der Waals surface area contributed by atoms with Crippen molar-refractivity contribution in [3.63, 3.8) is 0 Å². The van der Waals surface area contributed by atoms with E-state index >= 15 is 0 Å². The van der Waals surface area contributed by atoms with Crippen molar-refractivity contribution in [2.45, 2.75) is 52.4 Å². The summed E-state index contributed by atoms with van der Waals surface area (Å²) in [5.41, 5.74) is 5.32. The van der Waals surface area contributed by atoms with Gasteiger partial charge in [0.2, 0.25) is 11.8 Å². The molecule has 0 aliphatic rings. The first-order chi connectivity index (χ1) is 19.2. The van der Waals surface area contributed by atoms with Crippen LogP contribution in [-0.4, -0.2) is 68.3 Å². The van der Waals surface area contributed by atoms with E-state index in [2.05, 4.69) is 15.7 Å². The number of aliphatic hydroxyl groups excluding tert-OH is 1. The van der Waals surface area contributed by atoms with Gasteiger partial charge in [0.1, 0.15) is 18.1 Å². The molecule has 14 heteroatoms. The van der Waals surface area contributed by atoms with Gasteiger partial charge in [0, 0.05) is 23.0 Å². The lowest BCUT2D eigenvalue weighted by atomic mass is 10.1. The maximum absolute atomic E-state index is 14.2. The number of hydrogen-bond acceptors (Lipinski definition) is 7. The predicted octanol–water partition coefficient (Wildman–Crippen LogP) is 2.34. The Kier molecular flexibility index (Phi) is 9.89. The third-order valence-corrected chi connectivity index (χ3v) is 6.16. The molecule has 0 fully saturated rings. The second kappa shape index (κ2) is 13.0. The maximum atomic E-state index is 14.2. The molecule has 0 spiro atoms. The Morgan fingerprint density at radius 2 is 1.93 bits per heavy atom. The van der Waals surface area contributed by atoms with Gasteiger partial charge in [-0.25, -0.2) is 9.18 Å². The van der Waals surface area contributed by atoms with Crippen molar-refractivity contribution >= 4 is 46.3 Å². The summed E-state index contributed by atoms with van der Waals surface area (Å²) in [6, 6.07) is 8.01. The summed E-state index contributed by atoms with van der Waals surface area (Å²) < 4.78 is 20.7. The summed E-state index contributed by atoms with van der Waals surface area (Å²) in [4.78, 5) is 51.4. The molecule has 3 aromatic rings. The van der Waals surface area contributed by atoms with Gasteiger partial charge in [-0.15, -0.1) is 0 Å². The highest BCUT2D eigenvalue weighted by Crippen LogP contribution is 2.25. The molecule has 0 aliphatic carbocycles. The van der Waals surface area contributed by atoms with Gasteiger partial charge in [0.25, 0.3) is 5.91 Å². The van der Waals surface area contributed by atoms with Crippen LogP contribution in [0.3, 0.4) is 0 Å². The largest absolute Gasteiger partial charge is 0.413 e. The van der Waals surface area contributed by atoms with Crippen LogP contribution in [0.15, 0.2) is 36.4 Å². The Labute approximate surface area is 240 Å². The third kappa shape index (κ3) is 8.14. The number of fused-ring (bicyclic) bond motifs is 1. The monoisotopic (exact) mass is 590 g/mol. The average Bonchev–Trinajstić information content (AvgIpc) is 3.24. The number of halogens is 2. The van der Waals surface area contributed by atoms with E-state index in [0.29, 0.717) is 5.52 Å². The third-order valence-electron chi connectivity index (χ3n) is 5.87. The molecule has 5 N–H and O–H groups in total. The second-order valence-corrected chi connectivity index (χ2v) is 10.8. The van der Waals surface area contributed by atoms with Gasteiger partial charge >= 0.3 is 6.09 Å². The van der Waals surface area contributed by atoms with Crippen molar-refractivity contribution in [2.75, 3.05) is 13.2 Å². The molecular weight excluding hydrogens is 559 g/mol. The lowest BCUT2D eigenvalue weighted by molar-refractivity contribution is -0.139. The fourth-order valence-corrected chi connectivity index (χ4v) is 4.05. The summed E-state index contributed by atoms with van der Waals surface area (Å²) in [5.74, 6) is -2.61. The van der Waals surface area contributed by atoms with Gasteiger partial charge in [-0.2, -0.15) is 5.10 Å². The first-order valence-corrected chi connectivity index (χ1v) is 13.0. The molecule has 4 amide bonds. The molecule has 1 atom stereocenters. The van der Waals surface area contributed by atoms with Gasteiger partial charge in [-0.05, 0) is 52.0 Å². The highest BCUT2D eigenvalue weighted by molar-refractivity contribution is 6.30. The van der Waals surface area contributed by atoms with E-state index < -0.39 is 60.9 Å². The highest BCUT2D eigenvalue weighted by Gasteiger charge is 2.25. The van der Waals surface area contributed by atoms with Crippen LogP contribution in [0.25, 0.3) is 10.9 Å². The Morgan fingerprint density at radius 3 is 2.56 bits per heavy atom. The summed E-state index contributed by atoms with van der Waals surface area (Å²) in [6.45, 7) is 5.45. The quantitative estimate of drug-likeness (QED) is 0.281. The van der Waals surface area contributed by atoms with E-state index in [4.69, 9.17) is 22.1 Å². The lowest BCUT2D eigenvalue weighted by Gasteiger charge is -2.27. The fraction of sp³-hybridized carbons (Fsp3) is 0.370. The molecule has 2 aromatic carbocycles. The number of rotatable bonds is 10. The van der Waals surface area contributed by atoms with E-state index in [-0.39, 0.29) is 34.0 Å². The first-order valence-electron chi connectivity index (χ1n) is 12.6. The number of nitrogens with two attached hydrogens (primary N) is 1. The van der Waals surface area contributed by atoms with Crippen molar-refractivity contribution in [3.8, 4) is 5.75 Å². The van der Waals surface area contributed by atoms with Crippen molar-refractivity contribution in [2.24, 2.45) is 5.73 Å². The Morgan fingerprint density at radius 1 is 1.22 bits per heavy atom. The lowest BCUT2D eigenvalue weighted by Crippen LogP contribution is -2.47. The molecule has 220 valence electrons. The van der Waals surface area contributed by atoms with Gasteiger partial charge in [0.05, 0.1) is 29.7 Å². The van der Waals surface area contributed by atoms with Crippen molar-refractivity contribution < 1.29 is 33.4 Å². The molecule has 0 unspecified atom stereocenters. The number of aromatic nitrogens is 2. The van der Waals surface area contributed by atoms with E-state index in [0.717, 1.165) is 4.90 Å². The minimum absolute atomic E-state index is 0.0870. The Bertz CT molecular complexity index is 1470. The first kappa shape index (κ1) is 31.3. The van der Waals surface area contributed by atoms with Crippen molar-refractivity contribution in [1.82, 2.24) is 25.3 Å². The Balaban J connectivity index is 1.79. The fourth-order valence-electron chi connectivity index (χ4n) is 3.86. The van der Waals surface area contributed by atoms with Gasteiger partial charge in [-0.1, -0.05) is 23.7 Å². The molecule has 41 heavy (non-hydrogen) atoms. The number of nitrogens with one attached hydrogen (secondary N) is 2. The predicted molar refractivity (Wildman–Crippen MR) is 149 cm³/mol. The van der Waals surface area contributed by atoms with E-state index in [1.54, 1.807) is 33.8 Å². The van der Waals surface area contributed by atoms with Crippen LogP contribution >= 0.6 is 11.6 Å². The van der Waals surface area contributed by atoms with Crippen LogP contribution in [0, 0.1) is 5.82 Å². The molecule has 0 bridgehead atoms. The number of ether oxygens (including phenoxy) is 1. The average molecular weight is 591 g/mol. The zero-order valence-corrected chi connectivity index (χ0v) is 23.8. The van der Waals surface area contributed by atoms with Crippen LogP contribution in [0.1, 0.15) is 43.7 Å². The Hall–Kier alpha value is -4.23. The highest BCUT2D eigenvalue weighted by atomic mass is 35.5. The molecule has 0 saturated carbocycles. The summed E-state index contributed by atoms with van der Waals surface area (Å²) in [6.07, 6.45) is -0.704. The smallest absolute Gasteiger partial charge is 0.410 e. The van der Waals surface area contributed by atoms with Crippen LogP contribution < -0.4 is 21.1 Å². The van der Waals surface area contributed by atoms with Crippen LogP contribution in [-0.2, 0) is 22.7 Å². The number of nitrogens with zero attached hydrogens (tertiary/aromatic N) is 3. The maximum Gasteiger partial charge on any atom is 0.413 e. The van der Waals surface area contributed by atoms with E-state index in [9.17, 15) is 28.7 Å². The van der Waals surface area contributed by atoms with Gasteiger partial charge in [-0.3, -0.25) is 19.1 Å². The van der Waals surface area contributed by atoms with Gasteiger partial charge < -0.3 is 31.1 Å². The minimum atomic E-state index is -0.870. The second-order valence-electron chi connectivity index (χ2n) is 10.4. The molecule has 0 aliphatic heterocycles. The van der Waals surface area contributed by atoms with Crippen LogP contribution in [0.4, 0.5) is 9.18 Å². The number of carbonyl (C=O) groups is 4. The summed E-state index contributed by atoms with van der Waals surface area (Å²) >= 11 is 5.78. The summed E-state index contributed by atoms with van der Waals surface area (Å²) in [7, 11) is 0. The number of carbonyl (C=O) groups excluding carboxylic acids is 4. The van der Waals surface area contributed by atoms with Gasteiger partial charge in [0.15, 0.2) is 5.69 Å². The number of primary amides is 1. The topological polar surface area (TPSA) is 169 Å². The van der Waals surface area contributed by atoms with Crippen LogP contribution in [0.2, 0.25) is 5.02 Å². The summed E-state index contributed by atoms with van der Waals surface area (Å²) in [5, 5.41) is 19.2. The van der Waals surface area contributed by atoms with Crippen molar-refractivity contribution in [1.29, 1.82) is 0 Å². The number of amides is 4. The normalized spacial score (nSPS) is 12.1. The zero-order chi connectivity index (χ0) is 30.5. The molecule has 0 saturated heterocycles. The van der Waals surface area contributed by atoms with E-state index in [1.807, 2.05) is 0 Å². The standard InChI is InChI=1S/C27H32ClFN6O6/c1-15(14-36)34(12-21(37)31-11-16-6-5-7-19(28)23(16)29)22(38)13-35-20-9-8-17(41-26(40)32-27(2,3)4)10-18(20)24(33-35)25(30)39/h5-10,15,36H,11-14H2,1-4H3,(H2,30,39)(H,31,37)(H,32,40)/t15-/m1/s1. The molecule has 3 rings (SSSR count). The zero-order valence-electron chi connectivity index (χ0n) is 23.0. The molecule has 0 radical (unpaired) electrons. The minimum Gasteiger partial charge on any atom is -0.410 e. The molecule has 12 nitrogen and oxygen atoms in total. The molecule has 1 heterocycles. The van der Waals surface area contributed by atoms with Crippen LogP contribution in [0.5, 0.6) is 5.75 Å². The van der Waals surface area contributed by atoms with E-state index in [1.165, 1.54) is 35.0 Å². The number of aliphatic hydroxyl groups is 1. The molecule has 1 aromatic heterocycles. The molecular formula is C27H32ClFN6O6. The number of benzene rings is 2.